The number of amides is 1. The van der Waals surface area contributed by atoms with Gasteiger partial charge in [0.15, 0.2) is 0 Å². The Hall–Kier alpha value is -1.38. The highest BCUT2D eigenvalue weighted by molar-refractivity contribution is 5.95. The molecule has 3 heteroatoms. The summed E-state index contributed by atoms with van der Waals surface area (Å²) >= 11 is 0. The van der Waals surface area contributed by atoms with Gasteiger partial charge in [-0.15, -0.1) is 0 Å². The van der Waals surface area contributed by atoms with Crippen molar-refractivity contribution in [1.29, 1.82) is 0 Å². The fraction of sp³-hybridized carbons (Fsp3) is 0.571. The molecule has 1 unspecified atom stereocenters. The van der Waals surface area contributed by atoms with Gasteiger partial charge in [0.2, 0.25) is 0 Å². The van der Waals surface area contributed by atoms with E-state index in [4.69, 9.17) is 0 Å². The van der Waals surface area contributed by atoms with Crippen LogP contribution in [0, 0.1) is 13.8 Å². The number of nitrogens with zero attached hydrogens (tertiary/aromatic N) is 2. The van der Waals surface area contributed by atoms with Crippen molar-refractivity contribution in [3.63, 3.8) is 0 Å². The molecule has 0 aliphatic carbocycles. The topological polar surface area (TPSA) is 33.2 Å². The predicted octanol–water partition coefficient (Wildman–Crippen LogP) is 2.71. The molecular weight excluding hydrogens is 212 g/mol. The molecule has 1 aliphatic rings. The number of pyridine rings is 1. The summed E-state index contributed by atoms with van der Waals surface area (Å²) in [7, 11) is 0. The fourth-order valence-corrected chi connectivity index (χ4v) is 2.47. The van der Waals surface area contributed by atoms with Crippen LogP contribution in [0.3, 0.4) is 0 Å². The standard InChI is InChI=1S/C14H20N2O/c1-10-7-8-13(12(3)15-10)14(17)16-9-5-4-6-11(16)2/h7-8,11H,4-6,9H2,1-3H3. The van der Waals surface area contributed by atoms with Crippen LogP contribution in [0.1, 0.15) is 47.9 Å². The molecule has 1 aromatic heterocycles. The molecule has 0 bridgehead atoms. The summed E-state index contributed by atoms with van der Waals surface area (Å²) in [5.74, 6) is 0.141. The summed E-state index contributed by atoms with van der Waals surface area (Å²) in [6, 6.07) is 4.17. The van der Waals surface area contributed by atoms with Crippen LogP contribution in [0.5, 0.6) is 0 Å². The number of hydrogen-bond acceptors (Lipinski definition) is 2. The van der Waals surface area contributed by atoms with Crippen LogP contribution < -0.4 is 0 Å². The fourth-order valence-electron chi connectivity index (χ4n) is 2.47. The summed E-state index contributed by atoms with van der Waals surface area (Å²) in [6.07, 6.45) is 3.47. The van der Waals surface area contributed by atoms with E-state index in [1.807, 2.05) is 30.9 Å². The summed E-state index contributed by atoms with van der Waals surface area (Å²) in [6.45, 7) is 6.88. The normalized spacial score (nSPS) is 20.4. The quantitative estimate of drug-likeness (QED) is 0.746. The van der Waals surface area contributed by atoms with Gasteiger partial charge in [0.05, 0.1) is 11.3 Å². The molecule has 2 rings (SSSR count). The van der Waals surface area contributed by atoms with E-state index < -0.39 is 0 Å². The van der Waals surface area contributed by atoms with Crippen LogP contribution in [0.25, 0.3) is 0 Å². The molecule has 0 aromatic carbocycles. The first-order valence-electron chi connectivity index (χ1n) is 6.35. The summed E-state index contributed by atoms with van der Waals surface area (Å²) in [5, 5.41) is 0. The average molecular weight is 232 g/mol. The number of rotatable bonds is 1. The van der Waals surface area contributed by atoms with Crippen LogP contribution >= 0.6 is 0 Å². The second-order valence-corrected chi connectivity index (χ2v) is 4.93. The van der Waals surface area contributed by atoms with Gasteiger partial charge in [-0.1, -0.05) is 0 Å². The molecule has 17 heavy (non-hydrogen) atoms. The molecule has 1 atom stereocenters. The molecule has 3 nitrogen and oxygen atoms in total. The van der Waals surface area contributed by atoms with E-state index in [1.54, 1.807) is 0 Å². The Balaban J connectivity index is 2.24. The Morgan fingerprint density at radius 1 is 1.35 bits per heavy atom. The van der Waals surface area contributed by atoms with Crippen LogP contribution in [0.2, 0.25) is 0 Å². The third-order valence-electron chi connectivity index (χ3n) is 3.52. The molecule has 2 heterocycles. The Bertz CT molecular complexity index is 428. The van der Waals surface area contributed by atoms with E-state index in [0.717, 1.165) is 36.3 Å². The zero-order valence-electron chi connectivity index (χ0n) is 10.9. The zero-order valence-corrected chi connectivity index (χ0v) is 10.9. The molecular formula is C14H20N2O. The predicted molar refractivity (Wildman–Crippen MR) is 68.1 cm³/mol. The van der Waals surface area contributed by atoms with Crippen molar-refractivity contribution < 1.29 is 4.79 Å². The molecule has 0 radical (unpaired) electrons. The van der Waals surface area contributed by atoms with E-state index >= 15 is 0 Å². The number of aromatic nitrogens is 1. The molecule has 1 amide bonds. The third-order valence-corrected chi connectivity index (χ3v) is 3.52. The van der Waals surface area contributed by atoms with E-state index in [2.05, 4.69) is 11.9 Å². The van der Waals surface area contributed by atoms with Crippen molar-refractivity contribution in [3.05, 3.63) is 29.1 Å². The first-order chi connectivity index (χ1) is 8.09. The van der Waals surface area contributed by atoms with Crippen molar-refractivity contribution in [2.45, 2.75) is 46.1 Å². The molecule has 92 valence electrons. The Morgan fingerprint density at radius 2 is 2.12 bits per heavy atom. The lowest BCUT2D eigenvalue weighted by molar-refractivity contribution is 0.0634. The average Bonchev–Trinajstić information content (AvgIpc) is 2.29. The first kappa shape index (κ1) is 12.1. The Morgan fingerprint density at radius 3 is 2.76 bits per heavy atom. The molecule has 1 aliphatic heterocycles. The van der Waals surface area contributed by atoms with Gasteiger partial charge in [-0.2, -0.15) is 0 Å². The lowest BCUT2D eigenvalue weighted by atomic mass is 10.0. The number of aryl methyl sites for hydroxylation is 2. The first-order valence-corrected chi connectivity index (χ1v) is 6.35. The van der Waals surface area contributed by atoms with Crippen molar-refractivity contribution >= 4 is 5.91 Å². The lowest BCUT2D eigenvalue weighted by Gasteiger charge is -2.33. The molecule has 0 spiro atoms. The SMILES string of the molecule is Cc1ccc(C(=O)N2CCCCC2C)c(C)n1. The highest BCUT2D eigenvalue weighted by atomic mass is 16.2. The van der Waals surface area contributed by atoms with E-state index in [0.29, 0.717) is 6.04 Å². The summed E-state index contributed by atoms with van der Waals surface area (Å²) < 4.78 is 0. The summed E-state index contributed by atoms with van der Waals surface area (Å²) in [4.78, 5) is 18.8. The van der Waals surface area contributed by atoms with Crippen molar-refractivity contribution in [2.24, 2.45) is 0 Å². The van der Waals surface area contributed by atoms with Gasteiger partial charge < -0.3 is 4.90 Å². The molecule has 1 fully saturated rings. The smallest absolute Gasteiger partial charge is 0.255 e. The number of carbonyl (C=O) groups excluding carboxylic acids is 1. The van der Waals surface area contributed by atoms with Crippen molar-refractivity contribution in [2.75, 3.05) is 6.54 Å². The lowest BCUT2D eigenvalue weighted by Crippen LogP contribution is -2.42. The van der Waals surface area contributed by atoms with E-state index in [-0.39, 0.29) is 5.91 Å². The highest BCUT2D eigenvalue weighted by Gasteiger charge is 2.25. The van der Waals surface area contributed by atoms with E-state index in [1.165, 1.54) is 6.42 Å². The zero-order chi connectivity index (χ0) is 12.4. The van der Waals surface area contributed by atoms with Gasteiger partial charge in [-0.05, 0) is 52.2 Å². The number of carbonyl (C=O) groups is 1. The van der Waals surface area contributed by atoms with Crippen molar-refractivity contribution in [3.8, 4) is 0 Å². The van der Waals surface area contributed by atoms with Crippen LogP contribution in [-0.2, 0) is 0 Å². The van der Waals surface area contributed by atoms with Gasteiger partial charge in [0.1, 0.15) is 0 Å². The third kappa shape index (κ3) is 2.48. The minimum absolute atomic E-state index is 0.141. The van der Waals surface area contributed by atoms with Crippen LogP contribution in [0.4, 0.5) is 0 Å². The number of piperidine rings is 1. The minimum Gasteiger partial charge on any atom is -0.336 e. The van der Waals surface area contributed by atoms with Gasteiger partial charge in [-0.25, -0.2) is 0 Å². The molecule has 1 saturated heterocycles. The second-order valence-electron chi connectivity index (χ2n) is 4.93. The number of likely N-dealkylation sites (tertiary alicyclic amines) is 1. The molecule has 0 saturated carbocycles. The van der Waals surface area contributed by atoms with Gasteiger partial charge >= 0.3 is 0 Å². The highest BCUT2D eigenvalue weighted by Crippen LogP contribution is 2.20. The number of hydrogen-bond donors (Lipinski definition) is 0. The Labute approximate surface area is 103 Å². The largest absolute Gasteiger partial charge is 0.336 e. The van der Waals surface area contributed by atoms with Crippen LogP contribution in [0.15, 0.2) is 12.1 Å². The van der Waals surface area contributed by atoms with Gasteiger partial charge in [-0.3, -0.25) is 9.78 Å². The minimum atomic E-state index is 0.141. The van der Waals surface area contributed by atoms with Gasteiger partial charge in [0, 0.05) is 18.3 Å². The maximum absolute atomic E-state index is 12.4. The molecule has 0 N–H and O–H groups in total. The maximum Gasteiger partial charge on any atom is 0.255 e. The van der Waals surface area contributed by atoms with E-state index in [9.17, 15) is 4.79 Å². The Kier molecular flexibility index (Phi) is 3.46. The van der Waals surface area contributed by atoms with Crippen LogP contribution in [-0.4, -0.2) is 28.4 Å². The maximum atomic E-state index is 12.4. The molecule has 1 aromatic rings. The summed E-state index contributed by atoms with van der Waals surface area (Å²) in [5.41, 5.74) is 2.56. The van der Waals surface area contributed by atoms with Crippen molar-refractivity contribution in [1.82, 2.24) is 9.88 Å². The second kappa shape index (κ2) is 4.86. The van der Waals surface area contributed by atoms with Gasteiger partial charge in [0.25, 0.3) is 5.91 Å². The monoisotopic (exact) mass is 232 g/mol.